The lowest BCUT2D eigenvalue weighted by atomic mass is 10.0. The molecule has 1 aliphatic heterocycles. The summed E-state index contributed by atoms with van der Waals surface area (Å²) >= 11 is 0. The summed E-state index contributed by atoms with van der Waals surface area (Å²) in [4.78, 5) is 36.3. The minimum Gasteiger partial charge on any atom is -0.497 e. The molecule has 3 aromatic rings. The molecule has 1 N–H and O–H groups in total. The van der Waals surface area contributed by atoms with Crippen LogP contribution in [0.15, 0.2) is 84.0 Å². The Morgan fingerprint density at radius 2 is 1.62 bits per heavy atom. The van der Waals surface area contributed by atoms with E-state index in [-0.39, 0.29) is 25.0 Å². The van der Waals surface area contributed by atoms with Crippen LogP contribution in [0.25, 0.3) is 11.1 Å². The van der Waals surface area contributed by atoms with Crippen molar-refractivity contribution in [3.63, 3.8) is 0 Å². The Morgan fingerprint density at radius 1 is 0.950 bits per heavy atom. The zero-order chi connectivity index (χ0) is 28.3. The number of hydrogen-bond acceptors (Lipinski definition) is 6. The van der Waals surface area contributed by atoms with Gasteiger partial charge in [-0.2, -0.15) is 0 Å². The molecule has 2 amide bonds. The van der Waals surface area contributed by atoms with Gasteiger partial charge in [0.1, 0.15) is 18.4 Å². The van der Waals surface area contributed by atoms with Crippen molar-refractivity contribution >= 4 is 17.5 Å². The van der Waals surface area contributed by atoms with Crippen molar-refractivity contribution in [1.82, 2.24) is 15.1 Å². The molecular formula is C32H38N4O4. The number of likely N-dealkylation sites (tertiary alicyclic amines) is 1. The Morgan fingerprint density at radius 3 is 2.27 bits per heavy atom. The number of nitrogens with one attached hydrogen (secondary N) is 1. The number of hydrogen-bond donors (Lipinski definition) is 1. The molecule has 40 heavy (non-hydrogen) atoms. The van der Waals surface area contributed by atoms with Gasteiger partial charge in [-0.25, -0.2) is 0 Å². The van der Waals surface area contributed by atoms with Crippen LogP contribution in [0.5, 0.6) is 5.75 Å². The maximum Gasteiger partial charge on any atom is 0.254 e. The zero-order valence-corrected chi connectivity index (χ0v) is 23.5. The molecule has 1 saturated heterocycles. The average Bonchev–Trinajstić information content (AvgIpc) is 3.44. The van der Waals surface area contributed by atoms with E-state index in [4.69, 9.17) is 9.57 Å². The lowest BCUT2D eigenvalue weighted by molar-refractivity contribution is -0.124. The van der Waals surface area contributed by atoms with Gasteiger partial charge in [0.25, 0.3) is 5.91 Å². The fraction of sp³-hybridized carbons (Fsp3) is 0.344. The van der Waals surface area contributed by atoms with Crippen molar-refractivity contribution in [2.24, 2.45) is 5.16 Å². The largest absolute Gasteiger partial charge is 0.497 e. The standard InChI is InChI=1S/C32H38N4O4/c1-4-35(5-2)20-19-33-31(37)30-21-28(34-40-23-24-11-17-29(39-3)18-12-24)22-36(30)32(38)27-15-13-26(14-16-27)25-9-7-6-8-10-25/h6-18,30H,4-5,19-23H2,1-3H3,(H,33,37)/t30-/m0/s1. The molecular weight excluding hydrogens is 504 g/mol. The van der Waals surface area contributed by atoms with Gasteiger partial charge in [-0.3, -0.25) is 9.59 Å². The fourth-order valence-electron chi connectivity index (χ4n) is 4.73. The summed E-state index contributed by atoms with van der Waals surface area (Å²) in [5.74, 6) is 0.386. The van der Waals surface area contributed by atoms with E-state index in [0.717, 1.165) is 42.1 Å². The summed E-state index contributed by atoms with van der Waals surface area (Å²) in [6.07, 6.45) is 0.327. The van der Waals surface area contributed by atoms with E-state index < -0.39 is 6.04 Å². The number of nitrogens with zero attached hydrogens (tertiary/aromatic N) is 3. The van der Waals surface area contributed by atoms with E-state index in [9.17, 15) is 9.59 Å². The van der Waals surface area contributed by atoms with E-state index in [1.54, 1.807) is 12.0 Å². The fourth-order valence-corrected chi connectivity index (χ4v) is 4.73. The predicted molar refractivity (Wildman–Crippen MR) is 157 cm³/mol. The number of likely N-dealkylation sites (N-methyl/N-ethyl adjacent to an activating group) is 1. The van der Waals surface area contributed by atoms with Crippen LogP contribution in [0.3, 0.4) is 0 Å². The molecule has 0 unspecified atom stereocenters. The molecule has 0 aliphatic carbocycles. The minimum absolute atomic E-state index is 0.179. The van der Waals surface area contributed by atoms with Crippen LogP contribution >= 0.6 is 0 Å². The second kappa shape index (κ2) is 14.3. The molecule has 8 nitrogen and oxygen atoms in total. The second-order valence-electron chi connectivity index (χ2n) is 9.69. The Balaban J connectivity index is 1.46. The molecule has 1 aliphatic rings. The number of methoxy groups -OCH3 is 1. The summed E-state index contributed by atoms with van der Waals surface area (Å²) in [6.45, 7) is 7.82. The van der Waals surface area contributed by atoms with E-state index in [2.05, 4.69) is 29.2 Å². The van der Waals surface area contributed by atoms with Gasteiger partial charge in [-0.05, 0) is 54.0 Å². The van der Waals surface area contributed by atoms with Gasteiger partial charge < -0.3 is 24.7 Å². The normalized spacial score (nSPS) is 15.8. The van der Waals surface area contributed by atoms with Crippen LogP contribution in [0.4, 0.5) is 0 Å². The van der Waals surface area contributed by atoms with Gasteiger partial charge in [0.15, 0.2) is 0 Å². The minimum atomic E-state index is -0.652. The number of amides is 2. The highest BCUT2D eigenvalue weighted by Gasteiger charge is 2.38. The highest BCUT2D eigenvalue weighted by Crippen LogP contribution is 2.23. The second-order valence-corrected chi connectivity index (χ2v) is 9.69. The van der Waals surface area contributed by atoms with E-state index >= 15 is 0 Å². The first-order valence-electron chi connectivity index (χ1n) is 13.8. The molecule has 0 radical (unpaired) electrons. The zero-order valence-electron chi connectivity index (χ0n) is 23.5. The number of carbonyl (C=O) groups is 2. The Bertz CT molecular complexity index is 1270. The van der Waals surface area contributed by atoms with Crippen LogP contribution < -0.4 is 10.1 Å². The highest BCUT2D eigenvalue weighted by atomic mass is 16.6. The maximum atomic E-state index is 13.6. The van der Waals surface area contributed by atoms with Crippen molar-refractivity contribution in [2.75, 3.05) is 39.8 Å². The average molecular weight is 543 g/mol. The molecule has 210 valence electrons. The van der Waals surface area contributed by atoms with Crippen molar-refractivity contribution in [2.45, 2.75) is 32.9 Å². The van der Waals surface area contributed by atoms with Gasteiger partial charge >= 0.3 is 0 Å². The smallest absolute Gasteiger partial charge is 0.254 e. The molecule has 8 heteroatoms. The molecule has 1 heterocycles. The molecule has 0 saturated carbocycles. The van der Waals surface area contributed by atoms with Crippen LogP contribution in [0.1, 0.15) is 36.2 Å². The number of ether oxygens (including phenoxy) is 1. The lowest BCUT2D eigenvalue weighted by Crippen LogP contribution is -2.47. The molecule has 4 rings (SSSR count). The van der Waals surface area contributed by atoms with Crippen molar-refractivity contribution < 1.29 is 19.2 Å². The molecule has 1 fully saturated rings. The van der Waals surface area contributed by atoms with Gasteiger partial charge in [0.05, 0.1) is 19.4 Å². The van der Waals surface area contributed by atoms with Crippen molar-refractivity contribution in [3.8, 4) is 16.9 Å². The van der Waals surface area contributed by atoms with Gasteiger partial charge in [-0.1, -0.05) is 73.6 Å². The van der Waals surface area contributed by atoms with Gasteiger partial charge in [-0.15, -0.1) is 0 Å². The van der Waals surface area contributed by atoms with E-state index in [1.807, 2.05) is 78.9 Å². The third kappa shape index (κ3) is 7.48. The first kappa shape index (κ1) is 28.8. The Kier molecular flexibility index (Phi) is 10.3. The van der Waals surface area contributed by atoms with E-state index in [1.165, 1.54) is 0 Å². The maximum absolute atomic E-state index is 13.6. The SMILES string of the molecule is CCN(CC)CCNC(=O)[C@@H]1CC(=NOCc2ccc(OC)cc2)CN1C(=O)c1ccc(-c2ccccc2)cc1. The highest BCUT2D eigenvalue weighted by molar-refractivity contribution is 6.05. The number of oxime groups is 1. The van der Waals surface area contributed by atoms with Crippen LogP contribution in [0.2, 0.25) is 0 Å². The number of carbonyl (C=O) groups excluding carboxylic acids is 2. The quantitative estimate of drug-likeness (QED) is 0.338. The third-order valence-electron chi connectivity index (χ3n) is 7.17. The molecule has 0 aromatic heterocycles. The summed E-state index contributed by atoms with van der Waals surface area (Å²) in [6, 6.07) is 24.4. The summed E-state index contributed by atoms with van der Waals surface area (Å²) in [7, 11) is 1.62. The van der Waals surface area contributed by atoms with Gasteiger partial charge in [0, 0.05) is 25.1 Å². The van der Waals surface area contributed by atoms with Crippen molar-refractivity contribution in [3.05, 3.63) is 90.0 Å². The summed E-state index contributed by atoms with van der Waals surface area (Å²) < 4.78 is 5.20. The van der Waals surface area contributed by atoms with Gasteiger partial charge in [0.2, 0.25) is 5.91 Å². The predicted octanol–water partition coefficient (Wildman–Crippen LogP) is 4.61. The third-order valence-corrected chi connectivity index (χ3v) is 7.17. The van der Waals surface area contributed by atoms with Crippen LogP contribution in [-0.2, 0) is 16.2 Å². The first-order chi connectivity index (χ1) is 19.5. The topological polar surface area (TPSA) is 83.5 Å². The molecule has 3 aromatic carbocycles. The summed E-state index contributed by atoms with van der Waals surface area (Å²) in [5.41, 5.74) is 4.24. The van der Waals surface area contributed by atoms with Crippen molar-refractivity contribution in [1.29, 1.82) is 0 Å². The van der Waals surface area contributed by atoms with E-state index in [0.29, 0.717) is 24.2 Å². The molecule has 1 atom stereocenters. The van der Waals surface area contributed by atoms with Crippen LogP contribution in [0, 0.1) is 0 Å². The molecule has 0 bridgehead atoms. The summed E-state index contributed by atoms with van der Waals surface area (Å²) in [5, 5.41) is 7.33. The first-order valence-corrected chi connectivity index (χ1v) is 13.8. The Hall–Kier alpha value is -4.17. The monoisotopic (exact) mass is 542 g/mol. The lowest BCUT2D eigenvalue weighted by Gasteiger charge is -2.24. The number of rotatable bonds is 12. The van der Waals surface area contributed by atoms with Crippen LogP contribution in [-0.4, -0.2) is 73.2 Å². The number of benzene rings is 3. The Labute approximate surface area is 236 Å². The molecule has 0 spiro atoms.